The Morgan fingerprint density at radius 2 is 2.29 bits per heavy atom. The average Bonchev–Trinajstić information content (AvgIpc) is 2.24. The van der Waals surface area contributed by atoms with Crippen LogP contribution in [0.3, 0.4) is 0 Å². The zero-order valence-corrected chi connectivity index (χ0v) is 8.92. The van der Waals surface area contributed by atoms with Crippen molar-refractivity contribution in [3.8, 4) is 5.75 Å². The molecule has 0 aliphatic carbocycles. The Balaban J connectivity index is 2.50. The minimum atomic E-state index is 0.761. The van der Waals surface area contributed by atoms with Gasteiger partial charge in [-0.05, 0) is 38.1 Å². The van der Waals surface area contributed by atoms with Crippen LogP contribution in [0.25, 0.3) is 0 Å². The lowest BCUT2D eigenvalue weighted by atomic mass is 10.2. The van der Waals surface area contributed by atoms with E-state index in [-0.39, 0.29) is 0 Å². The quantitative estimate of drug-likeness (QED) is 0.747. The molecule has 3 heteroatoms. The molecule has 14 heavy (non-hydrogen) atoms. The molecule has 0 aliphatic heterocycles. The van der Waals surface area contributed by atoms with Crippen molar-refractivity contribution in [1.29, 1.82) is 0 Å². The summed E-state index contributed by atoms with van der Waals surface area (Å²) in [6.45, 7) is 3.83. The van der Waals surface area contributed by atoms with E-state index in [0.29, 0.717) is 0 Å². The summed E-state index contributed by atoms with van der Waals surface area (Å²) in [5.74, 6) is 0.875. The van der Waals surface area contributed by atoms with Gasteiger partial charge in [-0.1, -0.05) is 6.92 Å². The molecule has 0 unspecified atom stereocenters. The number of nitrogens with one attached hydrogen (secondary N) is 1. The van der Waals surface area contributed by atoms with Crippen LogP contribution in [-0.4, -0.2) is 25.2 Å². The standard InChI is InChI=1S/C11H18N2O/c1-3-6-14-11-7-10(4-5-12-2)8-13-9-11/h7-9,12H,3-6H2,1-2H3. The van der Waals surface area contributed by atoms with Gasteiger partial charge in [0.1, 0.15) is 5.75 Å². The zero-order chi connectivity index (χ0) is 10.2. The summed E-state index contributed by atoms with van der Waals surface area (Å²) < 4.78 is 5.49. The van der Waals surface area contributed by atoms with Gasteiger partial charge in [0.15, 0.2) is 0 Å². The van der Waals surface area contributed by atoms with Crippen molar-refractivity contribution >= 4 is 0 Å². The van der Waals surface area contributed by atoms with E-state index in [9.17, 15) is 0 Å². The second-order valence-electron chi connectivity index (χ2n) is 3.23. The molecule has 0 spiro atoms. The highest BCUT2D eigenvalue weighted by molar-refractivity contribution is 5.23. The monoisotopic (exact) mass is 194 g/mol. The van der Waals surface area contributed by atoms with Crippen LogP contribution in [0.15, 0.2) is 18.5 Å². The molecule has 3 nitrogen and oxygen atoms in total. The van der Waals surface area contributed by atoms with Crippen LogP contribution in [0.5, 0.6) is 5.75 Å². The van der Waals surface area contributed by atoms with E-state index >= 15 is 0 Å². The number of aromatic nitrogens is 1. The van der Waals surface area contributed by atoms with E-state index in [1.807, 2.05) is 13.2 Å². The van der Waals surface area contributed by atoms with Gasteiger partial charge in [-0.2, -0.15) is 0 Å². The van der Waals surface area contributed by atoms with Gasteiger partial charge in [0.2, 0.25) is 0 Å². The molecule has 1 rings (SSSR count). The minimum Gasteiger partial charge on any atom is -0.492 e. The van der Waals surface area contributed by atoms with Gasteiger partial charge in [-0.15, -0.1) is 0 Å². The molecule has 0 aromatic carbocycles. The van der Waals surface area contributed by atoms with Gasteiger partial charge in [-0.3, -0.25) is 4.98 Å². The van der Waals surface area contributed by atoms with Crippen molar-refractivity contribution in [3.63, 3.8) is 0 Å². The van der Waals surface area contributed by atoms with Crippen molar-refractivity contribution in [1.82, 2.24) is 10.3 Å². The van der Waals surface area contributed by atoms with Gasteiger partial charge >= 0.3 is 0 Å². The Morgan fingerprint density at radius 3 is 3.00 bits per heavy atom. The third-order valence-corrected chi connectivity index (χ3v) is 1.91. The fraction of sp³-hybridized carbons (Fsp3) is 0.545. The summed E-state index contributed by atoms with van der Waals surface area (Å²) >= 11 is 0. The first kappa shape index (κ1) is 11.0. The molecule has 1 aromatic rings. The molecule has 1 N–H and O–H groups in total. The highest BCUT2D eigenvalue weighted by Crippen LogP contribution is 2.11. The molecule has 0 fully saturated rings. The Hall–Kier alpha value is -1.09. The molecule has 1 aromatic heterocycles. The number of rotatable bonds is 6. The first-order valence-corrected chi connectivity index (χ1v) is 5.08. The van der Waals surface area contributed by atoms with Crippen LogP contribution >= 0.6 is 0 Å². The molecular formula is C11H18N2O. The molecule has 0 atom stereocenters. The van der Waals surface area contributed by atoms with Crippen LogP contribution in [0, 0.1) is 0 Å². The SMILES string of the molecule is CCCOc1cncc(CCNC)c1. The Morgan fingerprint density at radius 1 is 1.43 bits per heavy atom. The summed E-state index contributed by atoms with van der Waals surface area (Å²) in [6.07, 6.45) is 5.67. The molecule has 0 bridgehead atoms. The fourth-order valence-electron chi connectivity index (χ4n) is 1.17. The Kier molecular flexibility index (Phi) is 5.00. The molecule has 78 valence electrons. The molecule has 0 saturated carbocycles. The number of hydrogen-bond donors (Lipinski definition) is 1. The lowest BCUT2D eigenvalue weighted by Crippen LogP contribution is -2.10. The highest BCUT2D eigenvalue weighted by atomic mass is 16.5. The smallest absolute Gasteiger partial charge is 0.137 e. The molecule has 0 aliphatic rings. The second kappa shape index (κ2) is 6.38. The molecule has 0 saturated heterocycles. The lowest BCUT2D eigenvalue weighted by Gasteiger charge is -2.05. The van der Waals surface area contributed by atoms with Crippen LogP contribution < -0.4 is 10.1 Å². The summed E-state index contributed by atoms with van der Waals surface area (Å²) in [5.41, 5.74) is 1.22. The molecule has 0 amide bonds. The van der Waals surface area contributed by atoms with Crippen LogP contribution in [-0.2, 0) is 6.42 Å². The van der Waals surface area contributed by atoms with E-state index < -0.39 is 0 Å². The van der Waals surface area contributed by atoms with Gasteiger partial charge in [-0.25, -0.2) is 0 Å². The Bertz CT molecular complexity index is 240. The molecule has 1 heterocycles. The summed E-state index contributed by atoms with van der Waals surface area (Å²) in [7, 11) is 1.95. The summed E-state index contributed by atoms with van der Waals surface area (Å²) in [6, 6.07) is 2.06. The van der Waals surface area contributed by atoms with E-state index in [0.717, 1.165) is 31.7 Å². The lowest BCUT2D eigenvalue weighted by molar-refractivity contribution is 0.316. The van der Waals surface area contributed by atoms with Crippen molar-refractivity contribution < 1.29 is 4.74 Å². The van der Waals surface area contributed by atoms with Crippen molar-refractivity contribution in [2.24, 2.45) is 0 Å². The van der Waals surface area contributed by atoms with Gasteiger partial charge in [0, 0.05) is 6.20 Å². The van der Waals surface area contributed by atoms with E-state index in [4.69, 9.17) is 4.74 Å². The number of nitrogens with zero attached hydrogens (tertiary/aromatic N) is 1. The van der Waals surface area contributed by atoms with Gasteiger partial charge in [0.05, 0.1) is 12.8 Å². The van der Waals surface area contributed by atoms with Crippen LogP contribution in [0.2, 0.25) is 0 Å². The first-order valence-electron chi connectivity index (χ1n) is 5.08. The van der Waals surface area contributed by atoms with E-state index in [2.05, 4.69) is 23.3 Å². The van der Waals surface area contributed by atoms with Crippen molar-refractivity contribution in [2.45, 2.75) is 19.8 Å². The second-order valence-corrected chi connectivity index (χ2v) is 3.23. The number of ether oxygens (including phenoxy) is 1. The molecule has 0 radical (unpaired) electrons. The number of pyridine rings is 1. The van der Waals surface area contributed by atoms with Crippen molar-refractivity contribution in [2.75, 3.05) is 20.2 Å². The predicted molar refractivity (Wildman–Crippen MR) is 57.7 cm³/mol. The van der Waals surface area contributed by atoms with Gasteiger partial charge < -0.3 is 10.1 Å². The zero-order valence-electron chi connectivity index (χ0n) is 8.92. The largest absolute Gasteiger partial charge is 0.492 e. The number of hydrogen-bond acceptors (Lipinski definition) is 3. The molecular weight excluding hydrogens is 176 g/mol. The Labute approximate surface area is 85.5 Å². The third kappa shape index (κ3) is 3.75. The summed E-state index contributed by atoms with van der Waals surface area (Å²) in [4.78, 5) is 4.14. The maximum atomic E-state index is 5.49. The highest BCUT2D eigenvalue weighted by Gasteiger charge is 1.96. The minimum absolute atomic E-state index is 0.761. The fourth-order valence-corrected chi connectivity index (χ4v) is 1.17. The predicted octanol–water partition coefficient (Wildman–Crippen LogP) is 1.63. The maximum absolute atomic E-state index is 5.49. The first-order chi connectivity index (χ1) is 6.86. The normalized spacial score (nSPS) is 10.1. The average molecular weight is 194 g/mol. The van der Waals surface area contributed by atoms with Gasteiger partial charge in [0.25, 0.3) is 0 Å². The third-order valence-electron chi connectivity index (χ3n) is 1.91. The maximum Gasteiger partial charge on any atom is 0.137 e. The van der Waals surface area contributed by atoms with E-state index in [1.165, 1.54) is 5.56 Å². The topological polar surface area (TPSA) is 34.1 Å². The van der Waals surface area contributed by atoms with E-state index in [1.54, 1.807) is 6.20 Å². The number of likely N-dealkylation sites (N-methyl/N-ethyl adjacent to an activating group) is 1. The van der Waals surface area contributed by atoms with Crippen molar-refractivity contribution in [3.05, 3.63) is 24.0 Å². The summed E-state index contributed by atoms with van der Waals surface area (Å²) in [5, 5.41) is 3.11. The van der Waals surface area contributed by atoms with Crippen LogP contribution in [0.1, 0.15) is 18.9 Å². The van der Waals surface area contributed by atoms with Crippen LogP contribution in [0.4, 0.5) is 0 Å².